The summed E-state index contributed by atoms with van der Waals surface area (Å²) in [5.74, 6) is -0.770. The molecule has 0 unspecified atom stereocenters. The number of hydrogen-bond donors (Lipinski definition) is 2. The molecule has 1 aromatic heterocycles. The SMILES string of the molecule is O=C(NC1CNC1)c1cncc(F)c1. The highest BCUT2D eigenvalue weighted by Gasteiger charge is 2.19. The lowest BCUT2D eigenvalue weighted by Crippen LogP contribution is -2.56. The molecule has 0 bridgehead atoms. The molecule has 0 atom stereocenters. The molecule has 14 heavy (non-hydrogen) atoms. The second-order valence-electron chi connectivity index (χ2n) is 3.22. The van der Waals surface area contributed by atoms with Gasteiger partial charge >= 0.3 is 0 Å². The van der Waals surface area contributed by atoms with Gasteiger partial charge in [0.15, 0.2) is 0 Å². The first-order chi connectivity index (χ1) is 6.75. The minimum absolute atomic E-state index is 0.158. The molecule has 1 saturated heterocycles. The molecular formula is C9H10FN3O. The van der Waals surface area contributed by atoms with Crippen LogP contribution in [0.1, 0.15) is 10.4 Å². The average Bonchev–Trinajstić information content (AvgIpc) is 2.11. The lowest BCUT2D eigenvalue weighted by Gasteiger charge is -2.27. The van der Waals surface area contributed by atoms with E-state index in [1.165, 1.54) is 12.3 Å². The molecule has 0 aliphatic carbocycles. The van der Waals surface area contributed by atoms with Crippen molar-refractivity contribution in [3.05, 3.63) is 29.8 Å². The Kier molecular flexibility index (Phi) is 2.41. The third-order valence-corrected chi connectivity index (χ3v) is 2.08. The Bertz CT molecular complexity index is 352. The molecule has 0 aromatic carbocycles. The smallest absolute Gasteiger partial charge is 0.253 e. The van der Waals surface area contributed by atoms with E-state index < -0.39 is 5.82 Å². The second-order valence-corrected chi connectivity index (χ2v) is 3.22. The molecule has 1 fully saturated rings. The van der Waals surface area contributed by atoms with Crippen LogP contribution in [-0.4, -0.2) is 30.0 Å². The number of pyridine rings is 1. The van der Waals surface area contributed by atoms with Crippen molar-refractivity contribution in [3.63, 3.8) is 0 Å². The fourth-order valence-corrected chi connectivity index (χ4v) is 1.20. The Morgan fingerprint density at radius 2 is 2.36 bits per heavy atom. The number of halogens is 1. The molecule has 1 aliphatic heterocycles. The first-order valence-corrected chi connectivity index (χ1v) is 4.38. The van der Waals surface area contributed by atoms with Gasteiger partial charge in [-0.2, -0.15) is 0 Å². The number of aromatic nitrogens is 1. The van der Waals surface area contributed by atoms with E-state index in [0.29, 0.717) is 0 Å². The van der Waals surface area contributed by atoms with Crippen LogP contribution in [0.15, 0.2) is 18.5 Å². The zero-order valence-corrected chi connectivity index (χ0v) is 7.46. The zero-order chi connectivity index (χ0) is 9.97. The zero-order valence-electron chi connectivity index (χ0n) is 7.46. The van der Waals surface area contributed by atoms with Gasteiger partial charge in [0.1, 0.15) is 5.82 Å². The molecule has 74 valence electrons. The Morgan fingerprint density at radius 3 is 2.93 bits per heavy atom. The highest BCUT2D eigenvalue weighted by molar-refractivity contribution is 5.94. The second kappa shape index (κ2) is 3.71. The van der Waals surface area contributed by atoms with Crippen LogP contribution in [0.25, 0.3) is 0 Å². The summed E-state index contributed by atoms with van der Waals surface area (Å²) in [5.41, 5.74) is 0.261. The van der Waals surface area contributed by atoms with Gasteiger partial charge in [-0.3, -0.25) is 9.78 Å². The van der Waals surface area contributed by atoms with Crippen molar-refractivity contribution in [2.24, 2.45) is 0 Å². The summed E-state index contributed by atoms with van der Waals surface area (Å²) in [6, 6.07) is 1.33. The van der Waals surface area contributed by atoms with E-state index in [0.717, 1.165) is 19.3 Å². The van der Waals surface area contributed by atoms with Crippen LogP contribution >= 0.6 is 0 Å². The van der Waals surface area contributed by atoms with Gasteiger partial charge < -0.3 is 10.6 Å². The number of rotatable bonds is 2. The molecule has 0 saturated carbocycles. The highest BCUT2D eigenvalue weighted by atomic mass is 19.1. The first-order valence-electron chi connectivity index (χ1n) is 4.38. The Balaban J connectivity index is 2.02. The van der Waals surface area contributed by atoms with E-state index >= 15 is 0 Å². The predicted octanol–water partition coefficient (Wildman–Crippen LogP) is -0.0777. The Labute approximate surface area is 80.5 Å². The van der Waals surface area contributed by atoms with Crippen LogP contribution in [0.3, 0.4) is 0 Å². The lowest BCUT2D eigenvalue weighted by molar-refractivity contribution is 0.0923. The monoisotopic (exact) mass is 195 g/mol. The van der Waals surface area contributed by atoms with E-state index in [4.69, 9.17) is 0 Å². The molecule has 2 N–H and O–H groups in total. The van der Waals surface area contributed by atoms with E-state index in [1.807, 2.05) is 0 Å². The normalized spacial score (nSPS) is 16.1. The molecule has 0 spiro atoms. The summed E-state index contributed by atoms with van der Waals surface area (Å²) >= 11 is 0. The number of nitrogens with zero attached hydrogens (tertiary/aromatic N) is 1. The first kappa shape index (κ1) is 9.08. The summed E-state index contributed by atoms with van der Waals surface area (Å²) in [4.78, 5) is 15.1. The summed E-state index contributed by atoms with van der Waals surface area (Å²) in [7, 11) is 0. The van der Waals surface area contributed by atoms with Crippen LogP contribution in [0.2, 0.25) is 0 Å². The minimum atomic E-state index is -0.496. The fourth-order valence-electron chi connectivity index (χ4n) is 1.20. The van der Waals surface area contributed by atoms with E-state index in [2.05, 4.69) is 15.6 Å². The lowest BCUT2D eigenvalue weighted by atomic mass is 10.1. The molecular weight excluding hydrogens is 185 g/mol. The molecule has 1 aromatic rings. The number of carbonyl (C=O) groups excluding carboxylic acids is 1. The molecule has 1 aliphatic rings. The average molecular weight is 195 g/mol. The summed E-state index contributed by atoms with van der Waals surface area (Å²) in [5, 5.41) is 5.78. The van der Waals surface area contributed by atoms with Gasteiger partial charge in [0, 0.05) is 19.3 Å². The van der Waals surface area contributed by atoms with E-state index in [-0.39, 0.29) is 17.5 Å². The van der Waals surface area contributed by atoms with Crippen LogP contribution < -0.4 is 10.6 Å². The van der Waals surface area contributed by atoms with Gasteiger partial charge in [0.05, 0.1) is 17.8 Å². The third-order valence-electron chi connectivity index (χ3n) is 2.08. The standard InChI is InChI=1S/C9H10FN3O/c10-7-1-6(2-11-3-7)9(14)13-8-4-12-5-8/h1-3,8,12H,4-5H2,(H,13,14). The Hall–Kier alpha value is -1.49. The van der Waals surface area contributed by atoms with Crippen LogP contribution in [-0.2, 0) is 0 Å². The predicted molar refractivity (Wildman–Crippen MR) is 48.3 cm³/mol. The maximum atomic E-state index is 12.7. The number of carbonyl (C=O) groups is 1. The van der Waals surface area contributed by atoms with Gasteiger partial charge in [-0.1, -0.05) is 0 Å². The van der Waals surface area contributed by atoms with E-state index in [9.17, 15) is 9.18 Å². The molecule has 4 nitrogen and oxygen atoms in total. The number of nitrogens with one attached hydrogen (secondary N) is 2. The third kappa shape index (κ3) is 1.88. The van der Waals surface area contributed by atoms with Crippen molar-refractivity contribution < 1.29 is 9.18 Å². The topological polar surface area (TPSA) is 54.0 Å². The minimum Gasteiger partial charge on any atom is -0.347 e. The van der Waals surface area contributed by atoms with Crippen LogP contribution in [0.5, 0.6) is 0 Å². The molecule has 2 heterocycles. The summed E-state index contributed by atoms with van der Waals surface area (Å²) < 4.78 is 12.7. The number of amides is 1. The van der Waals surface area contributed by atoms with Crippen LogP contribution in [0, 0.1) is 5.82 Å². The molecule has 0 radical (unpaired) electrons. The van der Waals surface area contributed by atoms with Crippen LogP contribution in [0.4, 0.5) is 4.39 Å². The highest BCUT2D eigenvalue weighted by Crippen LogP contribution is 2.02. The summed E-state index contributed by atoms with van der Waals surface area (Å²) in [6.07, 6.45) is 2.42. The van der Waals surface area contributed by atoms with Crippen molar-refractivity contribution >= 4 is 5.91 Å². The van der Waals surface area contributed by atoms with Gasteiger partial charge in [-0.15, -0.1) is 0 Å². The summed E-state index contributed by atoms with van der Waals surface area (Å²) in [6.45, 7) is 1.54. The maximum Gasteiger partial charge on any atom is 0.253 e. The van der Waals surface area contributed by atoms with Gasteiger partial charge in [0.2, 0.25) is 0 Å². The molecule has 5 heteroatoms. The van der Waals surface area contributed by atoms with Crippen molar-refractivity contribution in [3.8, 4) is 0 Å². The van der Waals surface area contributed by atoms with Crippen molar-refractivity contribution in [1.82, 2.24) is 15.6 Å². The Morgan fingerprint density at radius 1 is 1.57 bits per heavy atom. The van der Waals surface area contributed by atoms with E-state index in [1.54, 1.807) is 0 Å². The van der Waals surface area contributed by atoms with Gasteiger partial charge in [-0.25, -0.2) is 4.39 Å². The van der Waals surface area contributed by atoms with Crippen molar-refractivity contribution in [2.45, 2.75) is 6.04 Å². The fraction of sp³-hybridized carbons (Fsp3) is 0.333. The van der Waals surface area contributed by atoms with Crippen molar-refractivity contribution in [1.29, 1.82) is 0 Å². The van der Waals surface area contributed by atoms with Crippen molar-refractivity contribution in [2.75, 3.05) is 13.1 Å². The van der Waals surface area contributed by atoms with Gasteiger partial charge in [0.25, 0.3) is 5.91 Å². The molecule has 1 amide bonds. The van der Waals surface area contributed by atoms with Gasteiger partial charge in [-0.05, 0) is 6.07 Å². The maximum absolute atomic E-state index is 12.7. The number of hydrogen-bond acceptors (Lipinski definition) is 3. The largest absolute Gasteiger partial charge is 0.347 e. The molecule has 2 rings (SSSR count). The quantitative estimate of drug-likeness (QED) is 0.694.